The third-order valence-corrected chi connectivity index (χ3v) is 3.63. The van der Waals surface area contributed by atoms with Gasteiger partial charge >= 0.3 is 0 Å². The van der Waals surface area contributed by atoms with Crippen LogP contribution in [-0.2, 0) is 13.0 Å². The van der Waals surface area contributed by atoms with Crippen molar-refractivity contribution in [3.05, 3.63) is 34.3 Å². The Hall–Kier alpha value is -1.62. The first-order valence-corrected chi connectivity index (χ1v) is 6.44. The van der Waals surface area contributed by atoms with Gasteiger partial charge in [-0.05, 0) is 18.6 Å². The second-order valence-electron chi connectivity index (χ2n) is 3.61. The lowest BCUT2D eigenvalue weighted by Crippen LogP contribution is -2.02. The van der Waals surface area contributed by atoms with E-state index in [4.69, 9.17) is 0 Å². The van der Waals surface area contributed by atoms with E-state index in [9.17, 15) is 0 Å². The number of hydrogen-bond donors (Lipinski definition) is 2. The molecule has 0 saturated heterocycles. The Morgan fingerprint density at radius 2 is 1.94 bits per heavy atom. The Morgan fingerprint density at radius 3 is 2.65 bits per heavy atom. The Kier molecular flexibility index (Phi) is 3.93. The molecule has 2 rings (SSSR count). The fourth-order valence-corrected chi connectivity index (χ4v) is 2.35. The van der Waals surface area contributed by atoms with Crippen LogP contribution >= 0.6 is 11.3 Å². The summed E-state index contributed by atoms with van der Waals surface area (Å²) >= 11 is 1.84. The molecule has 0 aliphatic heterocycles. The van der Waals surface area contributed by atoms with Crippen molar-refractivity contribution in [1.29, 1.82) is 0 Å². The molecular weight excluding hydrogens is 232 g/mol. The van der Waals surface area contributed by atoms with Gasteiger partial charge in [0.25, 0.3) is 0 Å². The lowest BCUT2D eigenvalue weighted by molar-refractivity contribution is 1.10. The molecule has 4 nitrogen and oxygen atoms in total. The number of nitrogens with one attached hydrogen (secondary N) is 2. The Balaban J connectivity index is 1.96. The van der Waals surface area contributed by atoms with Crippen LogP contribution in [0.2, 0.25) is 0 Å². The van der Waals surface area contributed by atoms with Gasteiger partial charge in [0.15, 0.2) is 0 Å². The monoisotopic (exact) mass is 248 g/mol. The molecule has 90 valence electrons. The fraction of sp³-hybridized carbons (Fsp3) is 0.333. The van der Waals surface area contributed by atoms with E-state index >= 15 is 0 Å². The fourth-order valence-electron chi connectivity index (χ4n) is 1.46. The van der Waals surface area contributed by atoms with Crippen LogP contribution in [0.4, 0.5) is 11.6 Å². The van der Waals surface area contributed by atoms with Crippen molar-refractivity contribution in [3.63, 3.8) is 0 Å². The highest BCUT2D eigenvalue weighted by Crippen LogP contribution is 2.18. The smallest absolute Gasteiger partial charge is 0.147 e. The lowest BCUT2D eigenvalue weighted by atomic mass is 10.3. The van der Waals surface area contributed by atoms with Crippen LogP contribution in [0.3, 0.4) is 0 Å². The SMILES string of the molecule is CCc1ccc(CNc2cncc(NC)n2)s1. The number of rotatable bonds is 5. The van der Waals surface area contributed by atoms with Crippen LogP contribution in [-0.4, -0.2) is 17.0 Å². The molecule has 0 spiro atoms. The van der Waals surface area contributed by atoms with Gasteiger partial charge in [0.1, 0.15) is 11.6 Å². The van der Waals surface area contributed by atoms with Crippen LogP contribution < -0.4 is 10.6 Å². The molecule has 2 aromatic heterocycles. The minimum absolute atomic E-state index is 0.774. The molecule has 0 fully saturated rings. The molecule has 0 atom stereocenters. The van der Waals surface area contributed by atoms with E-state index in [-0.39, 0.29) is 0 Å². The number of thiophene rings is 1. The second kappa shape index (κ2) is 5.63. The van der Waals surface area contributed by atoms with Gasteiger partial charge in [-0.2, -0.15) is 0 Å². The normalized spacial score (nSPS) is 10.2. The first-order chi connectivity index (χ1) is 8.31. The summed E-state index contributed by atoms with van der Waals surface area (Å²) in [6.07, 6.45) is 4.53. The van der Waals surface area contributed by atoms with Gasteiger partial charge in [0.05, 0.1) is 18.9 Å². The van der Waals surface area contributed by atoms with Gasteiger partial charge < -0.3 is 10.6 Å². The quantitative estimate of drug-likeness (QED) is 0.854. The highest BCUT2D eigenvalue weighted by molar-refractivity contribution is 7.12. The Morgan fingerprint density at radius 1 is 1.18 bits per heavy atom. The van der Waals surface area contributed by atoms with E-state index in [0.717, 1.165) is 24.6 Å². The van der Waals surface area contributed by atoms with E-state index in [1.54, 1.807) is 12.4 Å². The van der Waals surface area contributed by atoms with Crippen molar-refractivity contribution in [3.8, 4) is 0 Å². The lowest BCUT2D eigenvalue weighted by Gasteiger charge is -2.05. The Bertz CT molecular complexity index is 481. The van der Waals surface area contributed by atoms with Gasteiger partial charge in [-0.25, -0.2) is 4.98 Å². The average molecular weight is 248 g/mol. The maximum Gasteiger partial charge on any atom is 0.147 e. The summed E-state index contributed by atoms with van der Waals surface area (Å²) in [6.45, 7) is 2.97. The number of anilines is 2. The summed E-state index contributed by atoms with van der Waals surface area (Å²) in [5.41, 5.74) is 0. The molecule has 17 heavy (non-hydrogen) atoms. The molecule has 0 saturated carbocycles. The van der Waals surface area contributed by atoms with Crippen LogP contribution in [0, 0.1) is 0 Å². The average Bonchev–Trinajstić information content (AvgIpc) is 2.84. The van der Waals surface area contributed by atoms with E-state index in [0.29, 0.717) is 0 Å². The molecule has 2 aromatic rings. The number of nitrogens with zero attached hydrogens (tertiary/aromatic N) is 2. The van der Waals surface area contributed by atoms with Gasteiger partial charge in [0.2, 0.25) is 0 Å². The zero-order valence-electron chi connectivity index (χ0n) is 10.0. The van der Waals surface area contributed by atoms with Gasteiger partial charge in [-0.3, -0.25) is 4.98 Å². The van der Waals surface area contributed by atoms with Crippen molar-refractivity contribution < 1.29 is 0 Å². The molecule has 0 amide bonds. The third kappa shape index (κ3) is 3.17. The number of aromatic nitrogens is 2. The van der Waals surface area contributed by atoms with Gasteiger partial charge in [-0.15, -0.1) is 11.3 Å². The zero-order chi connectivity index (χ0) is 12.1. The summed E-state index contributed by atoms with van der Waals surface area (Å²) in [7, 11) is 1.83. The predicted octanol–water partition coefficient (Wildman–Crippen LogP) is 2.75. The second-order valence-corrected chi connectivity index (χ2v) is 4.87. The predicted molar refractivity (Wildman–Crippen MR) is 72.6 cm³/mol. The van der Waals surface area contributed by atoms with Crippen molar-refractivity contribution in [2.75, 3.05) is 17.7 Å². The zero-order valence-corrected chi connectivity index (χ0v) is 10.8. The third-order valence-electron chi connectivity index (χ3n) is 2.40. The van der Waals surface area contributed by atoms with Crippen molar-refractivity contribution in [1.82, 2.24) is 9.97 Å². The molecule has 0 aromatic carbocycles. The molecule has 2 heterocycles. The molecule has 5 heteroatoms. The summed E-state index contributed by atoms with van der Waals surface area (Å²) < 4.78 is 0. The first kappa shape index (κ1) is 11.9. The maximum absolute atomic E-state index is 4.35. The number of aryl methyl sites for hydroxylation is 1. The standard InChI is InChI=1S/C12H16N4S/c1-3-9-4-5-10(17-9)6-15-12-8-14-7-11(13-2)16-12/h4-5,7-8H,3,6H2,1-2H3,(H2,13,15,16). The minimum atomic E-state index is 0.774. The van der Waals surface area contributed by atoms with Crippen LogP contribution in [0.15, 0.2) is 24.5 Å². The summed E-state index contributed by atoms with van der Waals surface area (Å²) in [5, 5.41) is 6.24. The first-order valence-electron chi connectivity index (χ1n) is 5.63. The summed E-state index contributed by atoms with van der Waals surface area (Å²) in [5.74, 6) is 1.57. The van der Waals surface area contributed by atoms with E-state index < -0.39 is 0 Å². The molecule has 0 unspecified atom stereocenters. The molecule has 0 bridgehead atoms. The van der Waals surface area contributed by atoms with Gasteiger partial charge in [-0.1, -0.05) is 6.92 Å². The maximum atomic E-state index is 4.35. The molecule has 0 aliphatic rings. The number of hydrogen-bond acceptors (Lipinski definition) is 5. The van der Waals surface area contributed by atoms with Crippen LogP contribution in [0.5, 0.6) is 0 Å². The van der Waals surface area contributed by atoms with Crippen molar-refractivity contribution in [2.45, 2.75) is 19.9 Å². The van der Waals surface area contributed by atoms with E-state index in [2.05, 4.69) is 39.7 Å². The van der Waals surface area contributed by atoms with E-state index in [1.165, 1.54) is 9.75 Å². The summed E-state index contributed by atoms with van der Waals surface area (Å²) in [4.78, 5) is 11.2. The van der Waals surface area contributed by atoms with Crippen LogP contribution in [0.1, 0.15) is 16.7 Å². The van der Waals surface area contributed by atoms with Crippen molar-refractivity contribution >= 4 is 23.0 Å². The highest BCUT2D eigenvalue weighted by atomic mass is 32.1. The molecule has 0 radical (unpaired) electrons. The topological polar surface area (TPSA) is 49.8 Å². The largest absolute Gasteiger partial charge is 0.372 e. The Labute approximate surface area is 105 Å². The van der Waals surface area contributed by atoms with E-state index in [1.807, 2.05) is 18.4 Å². The highest BCUT2D eigenvalue weighted by Gasteiger charge is 2.00. The van der Waals surface area contributed by atoms with Crippen LogP contribution in [0.25, 0.3) is 0 Å². The molecule has 2 N–H and O–H groups in total. The minimum Gasteiger partial charge on any atom is -0.372 e. The van der Waals surface area contributed by atoms with Crippen molar-refractivity contribution in [2.24, 2.45) is 0 Å². The molecular formula is C12H16N4S. The molecule has 0 aliphatic carbocycles. The summed E-state index contributed by atoms with van der Waals surface area (Å²) in [6, 6.07) is 4.34. The van der Waals surface area contributed by atoms with Gasteiger partial charge in [0, 0.05) is 16.8 Å².